The maximum absolute atomic E-state index is 13.1. The van der Waals surface area contributed by atoms with Crippen LogP contribution in [0.25, 0.3) is 0 Å². The number of hydrogen-bond acceptors (Lipinski definition) is 1. The van der Waals surface area contributed by atoms with Gasteiger partial charge in [0.1, 0.15) is 5.78 Å². The molecule has 124 valence electrons. The summed E-state index contributed by atoms with van der Waals surface area (Å²) in [6.07, 6.45) is 13.3. The average Bonchev–Trinajstić information content (AvgIpc) is 2.90. The van der Waals surface area contributed by atoms with E-state index in [0.29, 0.717) is 29.0 Å². The molecule has 4 fully saturated rings. The molecule has 4 aliphatic rings. The van der Waals surface area contributed by atoms with Crippen LogP contribution in [0, 0.1) is 40.4 Å². The molecule has 0 aliphatic heterocycles. The number of hydrogen-bond donors (Lipinski definition) is 0. The second kappa shape index (κ2) is 5.08. The van der Waals surface area contributed by atoms with Gasteiger partial charge in [-0.1, -0.05) is 33.6 Å². The monoisotopic (exact) mass is 302 g/mol. The van der Waals surface area contributed by atoms with Gasteiger partial charge in [-0.15, -0.1) is 0 Å². The van der Waals surface area contributed by atoms with Crippen molar-refractivity contribution in [2.75, 3.05) is 0 Å². The molecule has 0 unspecified atom stereocenters. The van der Waals surface area contributed by atoms with Crippen molar-refractivity contribution in [2.24, 2.45) is 40.4 Å². The third-order valence-electron chi connectivity index (χ3n) is 8.96. The van der Waals surface area contributed by atoms with Crippen molar-refractivity contribution in [3.63, 3.8) is 0 Å². The highest BCUT2D eigenvalue weighted by atomic mass is 16.1. The molecule has 0 aromatic rings. The first kappa shape index (κ1) is 15.2. The summed E-state index contributed by atoms with van der Waals surface area (Å²) in [5.41, 5.74) is 0.659. The van der Waals surface area contributed by atoms with Crippen LogP contribution in [0.4, 0.5) is 0 Å². The maximum atomic E-state index is 13.1. The standard InChI is InChI=1S/C21H34O/c1-4-14-12-15-7-8-16-17-6-5-10-20(17,2)11-9-18(16)21(15,3)19(22)13-14/h14-18H,4-13H2,1-3H3/t14-,15-,16-,17-,18+,20-,21-/m0/s1. The van der Waals surface area contributed by atoms with Gasteiger partial charge in [0.05, 0.1) is 0 Å². The molecule has 1 nitrogen and oxygen atoms in total. The van der Waals surface area contributed by atoms with E-state index in [1.807, 2.05) is 0 Å². The highest BCUT2D eigenvalue weighted by Gasteiger charge is 2.60. The number of rotatable bonds is 1. The van der Waals surface area contributed by atoms with Crippen molar-refractivity contribution in [3.05, 3.63) is 0 Å². The molecule has 4 saturated carbocycles. The van der Waals surface area contributed by atoms with Crippen molar-refractivity contribution in [1.82, 2.24) is 0 Å². The van der Waals surface area contributed by atoms with Gasteiger partial charge < -0.3 is 0 Å². The van der Waals surface area contributed by atoms with E-state index >= 15 is 0 Å². The summed E-state index contributed by atoms with van der Waals surface area (Å²) >= 11 is 0. The number of ketones is 1. The summed E-state index contributed by atoms with van der Waals surface area (Å²) in [4.78, 5) is 13.1. The number of carbonyl (C=O) groups is 1. The van der Waals surface area contributed by atoms with E-state index in [1.165, 1.54) is 57.8 Å². The molecule has 22 heavy (non-hydrogen) atoms. The van der Waals surface area contributed by atoms with Gasteiger partial charge in [0.2, 0.25) is 0 Å². The molecule has 0 aromatic carbocycles. The summed E-state index contributed by atoms with van der Waals surface area (Å²) in [5.74, 6) is 4.54. The van der Waals surface area contributed by atoms with Gasteiger partial charge in [-0.05, 0) is 80.0 Å². The Bertz CT molecular complexity index is 469. The topological polar surface area (TPSA) is 17.1 Å². The molecular weight excluding hydrogens is 268 g/mol. The Morgan fingerprint density at radius 1 is 1.05 bits per heavy atom. The predicted octanol–water partition coefficient (Wildman–Crippen LogP) is 5.62. The molecular formula is C21H34O. The molecule has 0 spiro atoms. The van der Waals surface area contributed by atoms with E-state index < -0.39 is 0 Å². The van der Waals surface area contributed by atoms with Crippen LogP contribution in [0.5, 0.6) is 0 Å². The summed E-state index contributed by atoms with van der Waals surface area (Å²) in [5, 5.41) is 0. The zero-order valence-electron chi connectivity index (χ0n) is 14.9. The molecule has 7 atom stereocenters. The summed E-state index contributed by atoms with van der Waals surface area (Å²) in [6, 6.07) is 0. The van der Waals surface area contributed by atoms with Crippen LogP contribution < -0.4 is 0 Å². The second-order valence-corrected chi connectivity index (χ2v) is 9.66. The van der Waals surface area contributed by atoms with Crippen LogP contribution in [0.2, 0.25) is 0 Å². The first-order valence-electron chi connectivity index (χ1n) is 10.0. The van der Waals surface area contributed by atoms with Gasteiger partial charge in [0, 0.05) is 11.8 Å². The predicted molar refractivity (Wildman–Crippen MR) is 90.5 cm³/mol. The van der Waals surface area contributed by atoms with Gasteiger partial charge in [-0.25, -0.2) is 0 Å². The second-order valence-electron chi connectivity index (χ2n) is 9.66. The minimum absolute atomic E-state index is 0.0402. The van der Waals surface area contributed by atoms with E-state index in [-0.39, 0.29) is 5.41 Å². The first-order valence-corrected chi connectivity index (χ1v) is 10.0. The van der Waals surface area contributed by atoms with Gasteiger partial charge in [-0.2, -0.15) is 0 Å². The Labute approximate surface area is 136 Å². The van der Waals surface area contributed by atoms with Gasteiger partial charge in [0.15, 0.2) is 0 Å². The van der Waals surface area contributed by atoms with E-state index in [4.69, 9.17) is 0 Å². The maximum Gasteiger partial charge on any atom is 0.139 e. The summed E-state index contributed by atoms with van der Waals surface area (Å²) < 4.78 is 0. The summed E-state index contributed by atoms with van der Waals surface area (Å²) in [6.45, 7) is 7.22. The van der Waals surface area contributed by atoms with Crippen molar-refractivity contribution in [2.45, 2.75) is 85.0 Å². The van der Waals surface area contributed by atoms with Crippen LogP contribution in [0.1, 0.15) is 85.0 Å². The Balaban J connectivity index is 1.64. The number of carbonyl (C=O) groups excluding carboxylic acids is 1. The molecule has 0 aromatic heterocycles. The molecule has 0 saturated heterocycles. The summed E-state index contributed by atoms with van der Waals surface area (Å²) in [7, 11) is 0. The largest absolute Gasteiger partial charge is 0.299 e. The molecule has 0 bridgehead atoms. The Hall–Kier alpha value is -0.330. The fourth-order valence-corrected chi connectivity index (χ4v) is 7.50. The smallest absolute Gasteiger partial charge is 0.139 e. The molecule has 4 rings (SSSR count). The highest BCUT2D eigenvalue weighted by molar-refractivity contribution is 5.86. The fourth-order valence-electron chi connectivity index (χ4n) is 7.50. The van der Waals surface area contributed by atoms with E-state index in [1.54, 1.807) is 0 Å². The Morgan fingerprint density at radius 3 is 2.64 bits per heavy atom. The molecule has 0 N–H and O–H groups in total. The lowest BCUT2D eigenvalue weighted by atomic mass is 9.44. The van der Waals surface area contributed by atoms with E-state index in [0.717, 1.165) is 18.3 Å². The average molecular weight is 303 g/mol. The quantitative estimate of drug-likeness (QED) is 0.614. The van der Waals surface area contributed by atoms with Gasteiger partial charge in [0.25, 0.3) is 0 Å². The van der Waals surface area contributed by atoms with Crippen molar-refractivity contribution < 1.29 is 4.79 Å². The van der Waals surface area contributed by atoms with Crippen molar-refractivity contribution in [3.8, 4) is 0 Å². The van der Waals surface area contributed by atoms with E-state index in [2.05, 4.69) is 20.8 Å². The third kappa shape index (κ3) is 1.93. The SMILES string of the molecule is CC[C@@H]1CC(=O)[C@@]2(C)[C@@H](CC[C@@H]3[C@H]2CC[C@]2(C)CCC[C@@H]32)C1. The first-order chi connectivity index (χ1) is 10.5. The molecule has 0 amide bonds. The minimum atomic E-state index is 0.0402. The van der Waals surface area contributed by atoms with Crippen LogP contribution in [0.15, 0.2) is 0 Å². The molecule has 4 aliphatic carbocycles. The fraction of sp³-hybridized carbons (Fsp3) is 0.952. The van der Waals surface area contributed by atoms with Crippen LogP contribution in [-0.4, -0.2) is 5.78 Å². The number of Topliss-reactive ketones (excluding diaryl/α,β-unsaturated/α-hetero) is 1. The Morgan fingerprint density at radius 2 is 1.86 bits per heavy atom. The number of fused-ring (bicyclic) bond motifs is 5. The van der Waals surface area contributed by atoms with Crippen LogP contribution in [0.3, 0.4) is 0 Å². The minimum Gasteiger partial charge on any atom is -0.299 e. The van der Waals surface area contributed by atoms with E-state index in [9.17, 15) is 4.79 Å². The zero-order chi connectivity index (χ0) is 15.5. The normalized spacial score (nSPS) is 54.5. The van der Waals surface area contributed by atoms with Crippen LogP contribution in [-0.2, 0) is 4.79 Å². The van der Waals surface area contributed by atoms with Gasteiger partial charge >= 0.3 is 0 Å². The van der Waals surface area contributed by atoms with Crippen molar-refractivity contribution >= 4 is 5.78 Å². The third-order valence-corrected chi connectivity index (χ3v) is 8.96. The zero-order valence-corrected chi connectivity index (χ0v) is 14.9. The lowest BCUT2D eigenvalue weighted by molar-refractivity contribution is -0.157. The molecule has 0 heterocycles. The van der Waals surface area contributed by atoms with Gasteiger partial charge in [-0.3, -0.25) is 4.79 Å². The molecule has 1 heteroatoms. The lowest BCUT2D eigenvalue weighted by Gasteiger charge is -2.59. The lowest BCUT2D eigenvalue weighted by Crippen LogP contribution is -2.56. The highest BCUT2D eigenvalue weighted by Crippen LogP contribution is 2.65. The van der Waals surface area contributed by atoms with Crippen molar-refractivity contribution in [1.29, 1.82) is 0 Å². The molecule has 0 radical (unpaired) electrons. The van der Waals surface area contributed by atoms with Crippen LogP contribution >= 0.6 is 0 Å². The Kier molecular flexibility index (Phi) is 3.51.